The van der Waals surface area contributed by atoms with Crippen LogP contribution >= 0.6 is 0 Å². The smallest absolute Gasteiger partial charge is 0.0856 e. The molecule has 63 valence electrons. The summed E-state index contributed by atoms with van der Waals surface area (Å²) in [5, 5.41) is 10.2. The number of rotatable bonds is 3. The lowest BCUT2D eigenvalue weighted by Crippen LogP contribution is -1.80. The van der Waals surface area contributed by atoms with E-state index in [1.54, 1.807) is 0 Å². The minimum absolute atomic E-state index is 0.0236. The van der Waals surface area contributed by atoms with E-state index in [0.29, 0.717) is 6.42 Å². The first-order valence-electron chi connectivity index (χ1n) is 4.15. The average molecular weight is 161 g/mol. The van der Waals surface area contributed by atoms with Gasteiger partial charge in [-0.25, -0.2) is 5.11 Å². The van der Waals surface area contributed by atoms with E-state index in [-0.39, 0.29) is 6.61 Å². The SMILES string of the molecule is CC(=CCC[O])c1ccccc1. The van der Waals surface area contributed by atoms with Gasteiger partial charge < -0.3 is 0 Å². The molecule has 0 saturated carbocycles. The minimum atomic E-state index is -0.0236. The molecule has 12 heavy (non-hydrogen) atoms. The van der Waals surface area contributed by atoms with Gasteiger partial charge in [0.1, 0.15) is 0 Å². The highest BCUT2D eigenvalue weighted by Gasteiger charge is 1.91. The third-order valence-electron chi connectivity index (χ3n) is 1.80. The lowest BCUT2D eigenvalue weighted by atomic mass is 10.1. The van der Waals surface area contributed by atoms with Crippen molar-refractivity contribution in [2.75, 3.05) is 6.61 Å². The molecule has 0 bridgehead atoms. The number of allylic oxidation sites excluding steroid dienone is 1. The highest BCUT2D eigenvalue weighted by atomic mass is 16.2. The van der Waals surface area contributed by atoms with Crippen molar-refractivity contribution < 1.29 is 5.11 Å². The van der Waals surface area contributed by atoms with Gasteiger partial charge in [-0.3, -0.25) is 0 Å². The second kappa shape index (κ2) is 4.73. The molecule has 0 N–H and O–H groups in total. The van der Waals surface area contributed by atoms with Crippen LogP contribution in [-0.4, -0.2) is 6.61 Å². The van der Waals surface area contributed by atoms with Crippen LogP contribution in [0, 0.1) is 0 Å². The summed E-state index contributed by atoms with van der Waals surface area (Å²) in [5.74, 6) is 0. The molecule has 1 radical (unpaired) electrons. The Hall–Kier alpha value is -1.08. The predicted octanol–water partition coefficient (Wildman–Crippen LogP) is 2.91. The van der Waals surface area contributed by atoms with Gasteiger partial charge in [-0.05, 0) is 24.5 Å². The Morgan fingerprint density at radius 1 is 1.33 bits per heavy atom. The Balaban J connectivity index is 2.71. The summed E-state index contributed by atoms with van der Waals surface area (Å²) in [6.45, 7) is 2.01. The van der Waals surface area contributed by atoms with E-state index in [1.165, 1.54) is 11.1 Å². The zero-order valence-electron chi connectivity index (χ0n) is 7.29. The highest BCUT2D eigenvalue weighted by molar-refractivity contribution is 5.63. The maximum absolute atomic E-state index is 10.2. The first kappa shape index (κ1) is 9.01. The van der Waals surface area contributed by atoms with Gasteiger partial charge in [0.15, 0.2) is 0 Å². The fourth-order valence-electron chi connectivity index (χ4n) is 1.09. The molecule has 0 aliphatic heterocycles. The van der Waals surface area contributed by atoms with Gasteiger partial charge in [-0.1, -0.05) is 36.4 Å². The molecule has 1 aromatic carbocycles. The van der Waals surface area contributed by atoms with E-state index in [4.69, 9.17) is 0 Å². The van der Waals surface area contributed by atoms with E-state index in [0.717, 1.165) is 0 Å². The summed E-state index contributed by atoms with van der Waals surface area (Å²) in [7, 11) is 0. The van der Waals surface area contributed by atoms with Gasteiger partial charge >= 0.3 is 0 Å². The van der Waals surface area contributed by atoms with Crippen molar-refractivity contribution >= 4 is 5.57 Å². The number of hydrogen-bond donors (Lipinski definition) is 0. The number of benzene rings is 1. The second-order valence-electron chi connectivity index (χ2n) is 2.75. The highest BCUT2D eigenvalue weighted by Crippen LogP contribution is 2.12. The van der Waals surface area contributed by atoms with Crippen LogP contribution in [-0.2, 0) is 5.11 Å². The van der Waals surface area contributed by atoms with Gasteiger partial charge in [0, 0.05) is 0 Å². The molecule has 0 saturated heterocycles. The van der Waals surface area contributed by atoms with Gasteiger partial charge in [0.2, 0.25) is 0 Å². The first-order valence-corrected chi connectivity index (χ1v) is 4.15. The quantitative estimate of drug-likeness (QED) is 0.649. The lowest BCUT2D eigenvalue weighted by molar-refractivity contribution is 0.199. The van der Waals surface area contributed by atoms with E-state index < -0.39 is 0 Å². The van der Waals surface area contributed by atoms with Crippen molar-refractivity contribution in [2.45, 2.75) is 13.3 Å². The summed E-state index contributed by atoms with van der Waals surface area (Å²) < 4.78 is 0. The van der Waals surface area contributed by atoms with Crippen LogP contribution in [0.4, 0.5) is 0 Å². The largest absolute Gasteiger partial charge is 0.236 e. The third kappa shape index (κ3) is 2.51. The van der Waals surface area contributed by atoms with Crippen LogP contribution in [0.2, 0.25) is 0 Å². The summed E-state index contributed by atoms with van der Waals surface area (Å²) in [6, 6.07) is 10.1. The van der Waals surface area contributed by atoms with Crippen molar-refractivity contribution in [2.24, 2.45) is 0 Å². The summed E-state index contributed by atoms with van der Waals surface area (Å²) in [4.78, 5) is 0. The molecular weight excluding hydrogens is 148 g/mol. The molecule has 1 aromatic rings. The maximum atomic E-state index is 10.2. The molecule has 1 heteroatoms. The van der Waals surface area contributed by atoms with E-state index in [2.05, 4.69) is 12.1 Å². The van der Waals surface area contributed by atoms with E-state index in [9.17, 15) is 5.11 Å². The van der Waals surface area contributed by atoms with Crippen LogP contribution in [0.25, 0.3) is 5.57 Å². The Labute approximate surface area is 73.4 Å². The molecule has 0 aliphatic carbocycles. The fourth-order valence-corrected chi connectivity index (χ4v) is 1.09. The molecule has 0 amide bonds. The zero-order chi connectivity index (χ0) is 8.81. The van der Waals surface area contributed by atoms with Gasteiger partial charge in [-0.15, -0.1) is 0 Å². The summed E-state index contributed by atoms with van der Waals surface area (Å²) in [6.07, 6.45) is 2.61. The third-order valence-corrected chi connectivity index (χ3v) is 1.80. The van der Waals surface area contributed by atoms with Crippen molar-refractivity contribution in [3.63, 3.8) is 0 Å². The van der Waals surface area contributed by atoms with Crippen molar-refractivity contribution in [1.82, 2.24) is 0 Å². The van der Waals surface area contributed by atoms with Crippen molar-refractivity contribution in [3.8, 4) is 0 Å². The molecule has 0 fully saturated rings. The van der Waals surface area contributed by atoms with Crippen LogP contribution < -0.4 is 0 Å². The van der Waals surface area contributed by atoms with Crippen LogP contribution in [0.15, 0.2) is 36.4 Å². The van der Waals surface area contributed by atoms with Crippen molar-refractivity contribution in [3.05, 3.63) is 42.0 Å². The molecule has 0 aromatic heterocycles. The Morgan fingerprint density at radius 3 is 2.58 bits per heavy atom. The Morgan fingerprint density at radius 2 is 2.00 bits per heavy atom. The molecule has 0 atom stereocenters. The lowest BCUT2D eigenvalue weighted by Gasteiger charge is -1.99. The van der Waals surface area contributed by atoms with Gasteiger partial charge in [0.25, 0.3) is 0 Å². The molecule has 0 heterocycles. The van der Waals surface area contributed by atoms with Crippen LogP contribution in [0.3, 0.4) is 0 Å². The average Bonchev–Trinajstić information content (AvgIpc) is 2.15. The van der Waals surface area contributed by atoms with E-state index >= 15 is 0 Å². The maximum Gasteiger partial charge on any atom is 0.0856 e. The topological polar surface area (TPSA) is 19.9 Å². The standard InChI is InChI=1S/C11H13O/c1-10(6-5-9-12)11-7-3-2-4-8-11/h2-4,6-8H,5,9H2,1H3. The minimum Gasteiger partial charge on any atom is -0.236 e. The molecule has 1 nitrogen and oxygen atoms in total. The van der Waals surface area contributed by atoms with Gasteiger partial charge in [0.05, 0.1) is 6.61 Å². The molecule has 0 aliphatic rings. The van der Waals surface area contributed by atoms with Crippen molar-refractivity contribution in [1.29, 1.82) is 0 Å². The summed E-state index contributed by atoms with van der Waals surface area (Å²) >= 11 is 0. The monoisotopic (exact) mass is 161 g/mol. The van der Waals surface area contributed by atoms with Crippen LogP contribution in [0.5, 0.6) is 0 Å². The molecule has 1 rings (SSSR count). The Kier molecular flexibility index (Phi) is 3.55. The summed E-state index contributed by atoms with van der Waals surface area (Å²) in [5.41, 5.74) is 2.39. The predicted molar refractivity (Wildman–Crippen MR) is 50.3 cm³/mol. The van der Waals surface area contributed by atoms with E-state index in [1.807, 2.05) is 31.2 Å². The zero-order valence-corrected chi connectivity index (χ0v) is 7.29. The van der Waals surface area contributed by atoms with Crippen LogP contribution in [0.1, 0.15) is 18.9 Å². The molecule has 0 unspecified atom stereocenters. The Bertz CT molecular complexity index is 249. The normalized spacial score (nSPS) is 11.7. The molecule has 0 spiro atoms. The fraction of sp³-hybridized carbons (Fsp3) is 0.273. The molecular formula is C11H13O. The second-order valence-corrected chi connectivity index (χ2v) is 2.75. The van der Waals surface area contributed by atoms with Gasteiger partial charge in [-0.2, -0.15) is 0 Å². The number of hydrogen-bond acceptors (Lipinski definition) is 0. The first-order chi connectivity index (χ1) is 5.84.